The average Bonchev–Trinajstić information content (AvgIpc) is 2.68. The summed E-state index contributed by atoms with van der Waals surface area (Å²) < 4.78 is 18.0. The standard InChI is InChI=1S/C11H12FNO2/c12-9-3-1-8(2-4-9)10-5-15-6-11(10)13-7-14/h1-4,7,10-11H,5-6H2,(H,13,14)/t10-,11?/m0/s1. The monoisotopic (exact) mass is 209 g/mol. The molecule has 0 radical (unpaired) electrons. The van der Waals surface area contributed by atoms with E-state index in [9.17, 15) is 9.18 Å². The van der Waals surface area contributed by atoms with Gasteiger partial charge in [-0.3, -0.25) is 4.79 Å². The SMILES string of the molecule is O=CNC1COC[C@H]1c1ccc(F)cc1. The molecule has 2 atom stereocenters. The molecule has 1 fully saturated rings. The maximum absolute atomic E-state index is 12.7. The third kappa shape index (κ3) is 2.15. The van der Waals surface area contributed by atoms with Gasteiger partial charge in [0.1, 0.15) is 5.82 Å². The second-order valence-corrected chi connectivity index (χ2v) is 3.59. The number of amides is 1. The summed E-state index contributed by atoms with van der Waals surface area (Å²) >= 11 is 0. The van der Waals surface area contributed by atoms with Crippen LogP contribution in [0.4, 0.5) is 4.39 Å². The molecular weight excluding hydrogens is 197 g/mol. The highest BCUT2D eigenvalue weighted by Crippen LogP contribution is 2.25. The highest BCUT2D eigenvalue weighted by molar-refractivity contribution is 5.47. The van der Waals surface area contributed by atoms with Crippen LogP contribution < -0.4 is 5.32 Å². The number of rotatable bonds is 3. The normalized spacial score (nSPS) is 25.1. The van der Waals surface area contributed by atoms with Gasteiger partial charge in [0.15, 0.2) is 0 Å². The minimum Gasteiger partial charge on any atom is -0.379 e. The summed E-state index contributed by atoms with van der Waals surface area (Å²) in [5, 5.41) is 2.71. The van der Waals surface area contributed by atoms with Crippen LogP contribution in [0, 0.1) is 5.82 Å². The Morgan fingerprint density at radius 2 is 2.07 bits per heavy atom. The molecule has 0 bridgehead atoms. The Kier molecular flexibility index (Phi) is 2.97. The first-order chi connectivity index (χ1) is 7.31. The third-order valence-electron chi connectivity index (χ3n) is 2.66. The molecule has 2 rings (SSSR count). The first-order valence-corrected chi connectivity index (χ1v) is 4.84. The third-order valence-corrected chi connectivity index (χ3v) is 2.66. The van der Waals surface area contributed by atoms with E-state index in [1.54, 1.807) is 12.1 Å². The number of carbonyl (C=O) groups excluding carboxylic acids is 1. The summed E-state index contributed by atoms with van der Waals surface area (Å²) in [5.74, 6) is -0.131. The van der Waals surface area contributed by atoms with Gasteiger partial charge in [-0.2, -0.15) is 0 Å². The molecule has 1 unspecified atom stereocenters. The summed E-state index contributed by atoms with van der Waals surface area (Å²) in [6, 6.07) is 6.30. The molecule has 1 amide bonds. The molecule has 0 saturated carbocycles. The maximum atomic E-state index is 12.7. The van der Waals surface area contributed by atoms with Gasteiger partial charge in [0, 0.05) is 5.92 Å². The van der Waals surface area contributed by atoms with Crippen LogP contribution in [-0.4, -0.2) is 25.7 Å². The van der Waals surface area contributed by atoms with Gasteiger partial charge < -0.3 is 10.1 Å². The summed E-state index contributed by atoms with van der Waals surface area (Å²) in [7, 11) is 0. The summed E-state index contributed by atoms with van der Waals surface area (Å²) in [6.07, 6.45) is 0.676. The lowest BCUT2D eigenvalue weighted by molar-refractivity contribution is -0.110. The lowest BCUT2D eigenvalue weighted by Gasteiger charge is -2.16. The van der Waals surface area contributed by atoms with Gasteiger partial charge in [-0.25, -0.2) is 4.39 Å². The zero-order valence-electron chi connectivity index (χ0n) is 8.15. The molecule has 1 aliphatic heterocycles. The number of ether oxygens (including phenoxy) is 1. The molecule has 15 heavy (non-hydrogen) atoms. The molecular formula is C11H12FNO2. The number of hydrogen-bond donors (Lipinski definition) is 1. The molecule has 0 aliphatic carbocycles. The highest BCUT2D eigenvalue weighted by Gasteiger charge is 2.28. The van der Waals surface area contributed by atoms with Crippen LogP contribution in [0.5, 0.6) is 0 Å². The largest absolute Gasteiger partial charge is 0.379 e. The van der Waals surface area contributed by atoms with Crippen LogP contribution in [0.2, 0.25) is 0 Å². The fourth-order valence-corrected chi connectivity index (χ4v) is 1.84. The lowest BCUT2D eigenvalue weighted by atomic mass is 9.94. The molecule has 1 aliphatic rings. The predicted octanol–water partition coefficient (Wildman–Crippen LogP) is 1.05. The van der Waals surface area contributed by atoms with Crippen molar-refractivity contribution in [2.45, 2.75) is 12.0 Å². The van der Waals surface area contributed by atoms with E-state index < -0.39 is 0 Å². The van der Waals surface area contributed by atoms with Crippen LogP contribution in [-0.2, 0) is 9.53 Å². The molecule has 0 spiro atoms. The smallest absolute Gasteiger partial charge is 0.207 e. The van der Waals surface area contributed by atoms with E-state index in [4.69, 9.17) is 4.74 Å². The Morgan fingerprint density at radius 1 is 1.33 bits per heavy atom. The number of nitrogens with one attached hydrogen (secondary N) is 1. The molecule has 4 heteroatoms. The second kappa shape index (κ2) is 4.40. The van der Waals surface area contributed by atoms with E-state index in [1.165, 1.54) is 12.1 Å². The van der Waals surface area contributed by atoms with Crippen LogP contribution in [0.25, 0.3) is 0 Å². The molecule has 1 heterocycles. The average molecular weight is 209 g/mol. The Hall–Kier alpha value is -1.42. The van der Waals surface area contributed by atoms with Crippen molar-refractivity contribution in [1.82, 2.24) is 5.32 Å². The number of hydrogen-bond acceptors (Lipinski definition) is 2. The zero-order valence-corrected chi connectivity index (χ0v) is 8.15. The van der Waals surface area contributed by atoms with Crippen LogP contribution in [0.3, 0.4) is 0 Å². The fourth-order valence-electron chi connectivity index (χ4n) is 1.84. The van der Waals surface area contributed by atoms with E-state index in [0.29, 0.717) is 19.6 Å². The Morgan fingerprint density at radius 3 is 2.73 bits per heavy atom. The number of carbonyl (C=O) groups is 1. The van der Waals surface area contributed by atoms with Crippen molar-refractivity contribution in [2.24, 2.45) is 0 Å². The number of halogens is 1. The first kappa shape index (κ1) is 10.1. The first-order valence-electron chi connectivity index (χ1n) is 4.84. The van der Waals surface area contributed by atoms with Crippen molar-refractivity contribution < 1.29 is 13.9 Å². The van der Waals surface area contributed by atoms with Crippen LogP contribution in [0.1, 0.15) is 11.5 Å². The zero-order chi connectivity index (χ0) is 10.7. The van der Waals surface area contributed by atoms with E-state index in [-0.39, 0.29) is 17.8 Å². The molecule has 1 aromatic carbocycles. The van der Waals surface area contributed by atoms with Gasteiger partial charge in [-0.05, 0) is 17.7 Å². The van der Waals surface area contributed by atoms with Gasteiger partial charge in [0.05, 0.1) is 19.3 Å². The Balaban J connectivity index is 2.15. The van der Waals surface area contributed by atoms with E-state index in [1.807, 2.05) is 0 Å². The van der Waals surface area contributed by atoms with E-state index in [2.05, 4.69) is 5.32 Å². The maximum Gasteiger partial charge on any atom is 0.207 e. The topological polar surface area (TPSA) is 38.3 Å². The summed E-state index contributed by atoms with van der Waals surface area (Å²) in [5.41, 5.74) is 0.994. The molecule has 1 aromatic rings. The van der Waals surface area contributed by atoms with Crippen molar-refractivity contribution in [2.75, 3.05) is 13.2 Å². The van der Waals surface area contributed by atoms with Gasteiger partial charge >= 0.3 is 0 Å². The lowest BCUT2D eigenvalue weighted by Crippen LogP contribution is -2.33. The van der Waals surface area contributed by atoms with Gasteiger partial charge in [0.25, 0.3) is 0 Å². The van der Waals surface area contributed by atoms with Crippen molar-refractivity contribution in [3.05, 3.63) is 35.6 Å². The van der Waals surface area contributed by atoms with E-state index in [0.717, 1.165) is 5.56 Å². The van der Waals surface area contributed by atoms with Gasteiger partial charge in [0.2, 0.25) is 6.41 Å². The van der Waals surface area contributed by atoms with E-state index >= 15 is 0 Å². The van der Waals surface area contributed by atoms with Crippen molar-refractivity contribution in [3.63, 3.8) is 0 Å². The minimum atomic E-state index is -0.252. The molecule has 1 N–H and O–H groups in total. The van der Waals surface area contributed by atoms with Crippen molar-refractivity contribution in [1.29, 1.82) is 0 Å². The molecule has 1 saturated heterocycles. The molecule has 0 aromatic heterocycles. The predicted molar refractivity (Wildman–Crippen MR) is 52.9 cm³/mol. The van der Waals surface area contributed by atoms with Gasteiger partial charge in [-0.15, -0.1) is 0 Å². The highest BCUT2D eigenvalue weighted by atomic mass is 19.1. The Labute approximate surface area is 87.2 Å². The van der Waals surface area contributed by atoms with Crippen molar-refractivity contribution in [3.8, 4) is 0 Å². The fraction of sp³-hybridized carbons (Fsp3) is 0.364. The van der Waals surface area contributed by atoms with Gasteiger partial charge in [-0.1, -0.05) is 12.1 Å². The molecule has 3 nitrogen and oxygen atoms in total. The molecule has 80 valence electrons. The summed E-state index contributed by atoms with van der Waals surface area (Å²) in [4.78, 5) is 10.4. The van der Waals surface area contributed by atoms with Crippen LogP contribution in [0.15, 0.2) is 24.3 Å². The minimum absolute atomic E-state index is 0.00652. The van der Waals surface area contributed by atoms with Crippen LogP contribution >= 0.6 is 0 Å². The quantitative estimate of drug-likeness (QED) is 0.756. The Bertz CT molecular complexity index is 339. The number of benzene rings is 1. The second-order valence-electron chi connectivity index (χ2n) is 3.59. The summed E-state index contributed by atoms with van der Waals surface area (Å²) in [6.45, 7) is 1.08. The van der Waals surface area contributed by atoms with Crippen molar-refractivity contribution >= 4 is 6.41 Å².